The van der Waals surface area contributed by atoms with Gasteiger partial charge in [-0.05, 0) is 50.6 Å². The zero-order valence-electron chi connectivity index (χ0n) is 13.7. The number of aryl methyl sites for hydroxylation is 3. The summed E-state index contributed by atoms with van der Waals surface area (Å²) in [5.74, 6) is 0. The summed E-state index contributed by atoms with van der Waals surface area (Å²) >= 11 is 0. The Kier molecular flexibility index (Phi) is 4.13. The number of pyridine rings is 1. The number of nitrogens with one attached hydrogen (secondary N) is 1. The monoisotopic (exact) mass is 342 g/mol. The average molecular weight is 342 g/mol. The van der Waals surface area contributed by atoms with Crippen molar-refractivity contribution in [1.82, 2.24) is 4.98 Å². The zero-order valence-corrected chi connectivity index (χ0v) is 14.5. The lowest BCUT2D eigenvalue weighted by Crippen LogP contribution is -3.04. The maximum absolute atomic E-state index is 12.8. The third kappa shape index (κ3) is 2.91. The number of quaternary nitrogens is 1. The van der Waals surface area contributed by atoms with Crippen molar-refractivity contribution >= 4 is 26.6 Å². The summed E-state index contributed by atoms with van der Waals surface area (Å²) in [7, 11) is -4.11. The SMILES string of the molecule is Cc1ccc(S(=O)(=O)[NH+]([O-])c2cc(C)cc3ccc(C)nc23)cc1. The van der Waals surface area contributed by atoms with Crippen molar-refractivity contribution in [2.45, 2.75) is 25.7 Å². The van der Waals surface area contributed by atoms with Crippen molar-refractivity contribution in [3.05, 3.63) is 70.6 Å². The Morgan fingerprint density at radius 2 is 1.58 bits per heavy atom. The Morgan fingerprint density at radius 3 is 2.25 bits per heavy atom. The fraction of sp³-hybridized carbons (Fsp3) is 0.167. The van der Waals surface area contributed by atoms with Gasteiger partial charge in [0.15, 0.2) is 5.69 Å². The lowest BCUT2D eigenvalue weighted by Gasteiger charge is -2.22. The Labute approximate surface area is 141 Å². The smallest absolute Gasteiger partial charge is 0.330 e. The Bertz CT molecular complexity index is 1010. The molecule has 3 aromatic rings. The van der Waals surface area contributed by atoms with Crippen LogP contribution < -0.4 is 4.47 Å². The first-order chi connectivity index (χ1) is 11.3. The lowest BCUT2D eigenvalue weighted by molar-refractivity contribution is -0.623. The molecular weight excluding hydrogens is 324 g/mol. The average Bonchev–Trinajstić information content (AvgIpc) is 2.54. The quantitative estimate of drug-likeness (QED) is 0.742. The summed E-state index contributed by atoms with van der Waals surface area (Å²) < 4.78 is 24.5. The van der Waals surface area contributed by atoms with Gasteiger partial charge in [-0.15, -0.1) is 0 Å². The number of aromatic nitrogens is 1. The molecule has 1 atom stereocenters. The first kappa shape index (κ1) is 16.6. The number of hydrogen-bond donors (Lipinski definition) is 1. The van der Waals surface area contributed by atoms with Crippen molar-refractivity contribution in [2.24, 2.45) is 0 Å². The molecule has 0 radical (unpaired) electrons. The first-order valence-corrected chi connectivity index (χ1v) is 9.01. The first-order valence-electron chi connectivity index (χ1n) is 7.53. The van der Waals surface area contributed by atoms with Gasteiger partial charge in [0.1, 0.15) is 10.4 Å². The summed E-state index contributed by atoms with van der Waals surface area (Å²) in [5.41, 5.74) is 3.01. The number of hydrogen-bond acceptors (Lipinski definition) is 4. The van der Waals surface area contributed by atoms with Crippen LogP contribution in [0.5, 0.6) is 0 Å². The minimum Gasteiger partial charge on any atom is -0.612 e. The van der Waals surface area contributed by atoms with Gasteiger partial charge < -0.3 is 5.21 Å². The zero-order chi connectivity index (χ0) is 17.5. The van der Waals surface area contributed by atoms with Crippen molar-refractivity contribution < 1.29 is 12.9 Å². The molecule has 1 heterocycles. The van der Waals surface area contributed by atoms with E-state index >= 15 is 0 Å². The van der Waals surface area contributed by atoms with Crippen LogP contribution in [0.15, 0.2) is 53.4 Å². The van der Waals surface area contributed by atoms with Crippen LogP contribution in [-0.2, 0) is 10.0 Å². The molecule has 0 bridgehead atoms. The molecule has 0 spiro atoms. The van der Waals surface area contributed by atoms with Gasteiger partial charge in [-0.3, -0.25) is 0 Å². The van der Waals surface area contributed by atoms with Gasteiger partial charge in [0.25, 0.3) is 0 Å². The molecule has 3 rings (SSSR count). The van der Waals surface area contributed by atoms with Gasteiger partial charge >= 0.3 is 10.0 Å². The Hall–Kier alpha value is -2.28. The van der Waals surface area contributed by atoms with Gasteiger partial charge in [0, 0.05) is 17.1 Å². The standard InChI is InChI=1S/C18H18N2O3S/c1-12-4-8-16(9-5-12)24(22,23)20(21)17-11-13(2)10-15-7-6-14(3)19-18(15)17/h4-11,20H,1-3H3. The van der Waals surface area contributed by atoms with Crippen molar-refractivity contribution in [2.75, 3.05) is 0 Å². The highest BCUT2D eigenvalue weighted by molar-refractivity contribution is 7.85. The molecule has 0 aliphatic carbocycles. The van der Waals surface area contributed by atoms with Crippen LogP contribution in [0.25, 0.3) is 10.9 Å². The molecule has 1 aromatic heterocycles. The van der Waals surface area contributed by atoms with Crippen LogP contribution in [0.2, 0.25) is 0 Å². The fourth-order valence-corrected chi connectivity index (χ4v) is 3.76. The van der Waals surface area contributed by atoms with E-state index in [1.165, 1.54) is 12.1 Å². The van der Waals surface area contributed by atoms with Crippen LogP contribution >= 0.6 is 0 Å². The highest BCUT2D eigenvalue weighted by atomic mass is 32.2. The van der Waals surface area contributed by atoms with Gasteiger partial charge in [-0.1, -0.05) is 23.8 Å². The number of fused-ring (bicyclic) bond motifs is 1. The lowest BCUT2D eigenvalue weighted by atomic mass is 10.1. The number of rotatable bonds is 3. The number of benzene rings is 2. The maximum Gasteiger partial charge on any atom is 0.330 e. The fourth-order valence-electron chi connectivity index (χ4n) is 2.61. The van der Waals surface area contributed by atoms with E-state index in [-0.39, 0.29) is 10.6 Å². The number of nitrogens with zero attached hydrogens (tertiary/aromatic N) is 1. The maximum atomic E-state index is 12.8. The second kappa shape index (κ2) is 5.98. The molecule has 6 heteroatoms. The van der Waals surface area contributed by atoms with E-state index in [9.17, 15) is 13.6 Å². The Morgan fingerprint density at radius 1 is 0.917 bits per heavy atom. The third-order valence-corrected chi connectivity index (χ3v) is 5.47. The van der Waals surface area contributed by atoms with Gasteiger partial charge in [0.05, 0.1) is 0 Å². The van der Waals surface area contributed by atoms with Crippen LogP contribution in [0.4, 0.5) is 5.69 Å². The molecule has 0 aliphatic rings. The predicted molar refractivity (Wildman–Crippen MR) is 93.6 cm³/mol. The van der Waals surface area contributed by atoms with Crippen molar-refractivity contribution in [1.29, 1.82) is 0 Å². The largest absolute Gasteiger partial charge is 0.612 e. The second-order valence-corrected chi connectivity index (χ2v) is 7.79. The van der Waals surface area contributed by atoms with E-state index in [0.717, 1.165) is 22.2 Å². The molecule has 1 unspecified atom stereocenters. The van der Waals surface area contributed by atoms with Gasteiger partial charge in [-0.2, -0.15) is 8.42 Å². The van der Waals surface area contributed by atoms with Crippen LogP contribution in [-0.4, -0.2) is 13.4 Å². The summed E-state index contributed by atoms with van der Waals surface area (Å²) in [5, 5.41) is 13.6. The second-order valence-electron chi connectivity index (χ2n) is 5.94. The molecule has 0 fully saturated rings. The molecule has 0 aliphatic heterocycles. The molecule has 124 valence electrons. The normalized spacial score (nSPS) is 13.2. The van der Waals surface area contributed by atoms with E-state index in [4.69, 9.17) is 0 Å². The summed E-state index contributed by atoms with van der Waals surface area (Å²) in [4.78, 5) is 4.37. The van der Waals surface area contributed by atoms with Crippen LogP contribution in [0.1, 0.15) is 16.8 Å². The van der Waals surface area contributed by atoms with E-state index in [1.807, 2.05) is 39.0 Å². The van der Waals surface area contributed by atoms with Crippen LogP contribution in [0, 0.1) is 26.0 Å². The Balaban J connectivity index is 2.19. The van der Waals surface area contributed by atoms with Gasteiger partial charge in [0.2, 0.25) is 0 Å². The summed E-state index contributed by atoms with van der Waals surface area (Å²) in [6.45, 7) is 5.50. The van der Waals surface area contributed by atoms with E-state index < -0.39 is 14.5 Å². The molecule has 0 saturated carbocycles. The molecule has 2 aromatic carbocycles. The summed E-state index contributed by atoms with van der Waals surface area (Å²) in [6, 6.07) is 13.4. The molecule has 0 saturated heterocycles. The minimum atomic E-state index is -4.11. The summed E-state index contributed by atoms with van der Waals surface area (Å²) in [6.07, 6.45) is 0. The van der Waals surface area contributed by atoms with E-state index in [1.54, 1.807) is 18.2 Å². The predicted octanol–water partition coefficient (Wildman–Crippen LogP) is 2.56. The van der Waals surface area contributed by atoms with Crippen molar-refractivity contribution in [3.63, 3.8) is 0 Å². The topological polar surface area (TPSA) is 74.5 Å². The highest BCUT2D eigenvalue weighted by Gasteiger charge is 2.26. The molecule has 1 N–H and O–H groups in total. The highest BCUT2D eigenvalue weighted by Crippen LogP contribution is 2.22. The van der Waals surface area contributed by atoms with Crippen molar-refractivity contribution in [3.8, 4) is 0 Å². The molecular formula is C18H18N2O3S. The van der Waals surface area contributed by atoms with Crippen LogP contribution in [0.3, 0.4) is 0 Å². The van der Waals surface area contributed by atoms with Gasteiger partial charge in [-0.25, -0.2) is 9.45 Å². The van der Waals surface area contributed by atoms with E-state index in [0.29, 0.717) is 5.52 Å². The molecule has 0 amide bonds. The molecule has 5 nitrogen and oxygen atoms in total. The minimum absolute atomic E-state index is 0.000379. The number of sulfonamides is 1. The third-order valence-electron chi connectivity index (χ3n) is 3.87. The molecule has 24 heavy (non-hydrogen) atoms. The van der Waals surface area contributed by atoms with E-state index in [2.05, 4.69) is 4.98 Å².